The Labute approximate surface area is 217 Å². The van der Waals surface area contributed by atoms with Crippen LogP contribution in [0.25, 0.3) is 0 Å². The van der Waals surface area contributed by atoms with Crippen molar-refractivity contribution in [2.75, 3.05) is 13.1 Å². The number of nitrogens with zero attached hydrogens (tertiary/aromatic N) is 3. The molecule has 1 unspecified atom stereocenters. The first-order valence-corrected chi connectivity index (χ1v) is 12.5. The molecule has 3 amide bonds. The highest BCUT2D eigenvalue weighted by Crippen LogP contribution is 2.42. The predicted molar refractivity (Wildman–Crippen MR) is 131 cm³/mol. The molecule has 5 aliphatic heterocycles. The smallest absolute Gasteiger partial charge is 0.343 e. The quantitative estimate of drug-likeness (QED) is 0.147. The van der Waals surface area contributed by atoms with Gasteiger partial charge in [-0.2, -0.15) is 0 Å². The van der Waals surface area contributed by atoms with Crippen molar-refractivity contribution >= 4 is 29.6 Å². The van der Waals surface area contributed by atoms with Crippen LogP contribution in [-0.4, -0.2) is 97.9 Å². The van der Waals surface area contributed by atoms with E-state index in [-0.39, 0.29) is 55.2 Å². The van der Waals surface area contributed by atoms with Crippen LogP contribution in [0, 0.1) is 0 Å². The van der Waals surface area contributed by atoms with Crippen LogP contribution < -0.4 is 31.8 Å². The summed E-state index contributed by atoms with van der Waals surface area (Å²) in [6.45, 7) is 3.63. The lowest BCUT2D eigenvalue weighted by molar-refractivity contribution is -0.521. The Morgan fingerprint density at radius 1 is 1.26 bits per heavy atom. The predicted octanol–water partition coefficient (Wildman–Crippen LogP) is -4.60. The van der Waals surface area contributed by atoms with Gasteiger partial charge in [-0.3, -0.25) is 34.9 Å². The van der Waals surface area contributed by atoms with E-state index in [9.17, 15) is 24.6 Å². The van der Waals surface area contributed by atoms with Crippen LogP contribution in [0.15, 0.2) is 23.2 Å². The van der Waals surface area contributed by atoms with Crippen LogP contribution in [0.4, 0.5) is 0 Å². The van der Waals surface area contributed by atoms with E-state index in [0.717, 1.165) is 10.5 Å². The number of aliphatic hydroxyl groups is 2. The lowest BCUT2D eigenvalue weighted by Gasteiger charge is -2.46. The highest BCUT2D eigenvalue weighted by Gasteiger charge is 2.76. The van der Waals surface area contributed by atoms with Crippen LogP contribution in [0.5, 0.6) is 5.75 Å². The molecule has 14 heteroatoms. The van der Waals surface area contributed by atoms with Gasteiger partial charge in [-0.15, -0.1) is 0 Å². The molecule has 1 aromatic carbocycles. The van der Waals surface area contributed by atoms with E-state index >= 15 is 0 Å². The van der Waals surface area contributed by atoms with Gasteiger partial charge in [0.05, 0.1) is 18.7 Å². The number of carbonyl (C=O) groups excluding carboxylic acids is 3. The molecule has 38 heavy (non-hydrogen) atoms. The second-order valence-corrected chi connectivity index (χ2v) is 11.1. The zero-order chi connectivity index (χ0) is 27.2. The van der Waals surface area contributed by atoms with Gasteiger partial charge in [0, 0.05) is 19.3 Å². The topological polar surface area (TPSA) is 210 Å². The summed E-state index contributed by atoms with van der Waals surface area (Å²) in [5, 5.41) is 28.9. The van der Waals surface area contributed by atoms with Crippen LogP contribution in [0.3, 0.4) is 0 Å². The van der Waals surface area contributed by atoms with Crippen molar-refractivity contribution < 1.29 is 34.3 Å². The second kappa shape index (κ2) is 7.80. The molecule has 1 aromatic rings. The molecule has 4 atom stereocenters. The molecule has 0 aliphatic carbocycles. The molecular formula is C24H31N8O6+. The van der Waals surface area contributed by atoms with E-state index in [0.29, 0.717) is 12.2 Å². The van der Waals surface area contributed by atoms with E-state index in [4.69, 9.17) is 16.2 Å². The monoisotopic (exact) mass is 527 g/mol. The maximum atomic E-state index is 13.4. The van der Waals surface area contributed by atoms with Gasteiger partial charge in [-0.1, -0.05) is 12.1 Å². The number of benzene rings is 1. The number of carbonyl (C=O) groups is 3. The Hall–Kier alpha value is -3.91. The van der Waals surface area contributed by atoms with E-state index in [1.165, 1.54) is 4.90 Å². The molecule has 14 nitrogen and oxygen atoms in total. The summed E-state index contributed by atoms with van der Waals surface area (Å²) in [5.41, 5.74) is 11.3. The van der Waals surface area contributed by atoms with Gasteiger partial charge in [0.1, 0.15) is 23.4 Å². The van der Waals surface area contributed by atoms with Crippen molar-refractivity contribution in [1.82, 2.24) is 20.4 Å². The molecule has 0 radical (unpaired) electrons. The van der Waals surface area contributed by atoms with E-state index in [2.05, 4.69) is 20.6 Å². The number of nitrogens with one attached hydrogen (secondary N) is 3. The standard InChI is InChI=1S/C24H30N8O6/c1-22(2)8-11-4-3-5-12(17(11)38-22)19(35)28-14-10-32-21(26)27-13(9-31-15(33)6-7-16(31)34)18-23(32,24(14,36)37)30-20(25)29-18/h3-5,13-14,18,36-37H,6-10H2,1-2H3,(H2,26,27)(H,28,35)(H3,25,29,30)/p+1/t13-,14?,18-,23-/m0/s1. The average molecular weight is 528 g/mol. The van der Waals surface area contributed by atoms with Gasteiger partial charge in [-0.05, 0) is 25.5 Å². The van der Waals surface area contributed by atoms with E-state index in [1.54, 1.807) is 12.1 Å². The minimum Gasteiger partial charge on any atom is -0.486 e. The first-order chi connectivity index (χ1) is 17.8. The molecule has 5 aliphatic rings. The van der Waals surface area contributed by atoms with Crippen molar-refractivity contribution in [3.05, 3.63) is 29.3 Å². The number of ether oxygens (including phenoxy) is 1. The number of nitrogens with two attached hydrogens (primary N) is 2. The third-order valence-corrected chi connectivity index (χ3v) is 8.05. The zero-order valence-corrected chi connectivity index (χ0v) is 21.0. The number of amides is 3. The second-order valence-electron chi connectivity index (χ2n) is 11.1. The summed E-state index contributed by atoms with van der Waals surface area (Å²) in [4.78, 5) is 48.0. The molecule has 2 saturated heterocycles. The van der Waals surface area contributed by atoms with Crippen molar-refractivity contribution in [2.24, 2.45) is 16.5 Å². The van der Waals surface area contributed by atoms with Crippen molar-refractivity contribution in [3.8, 4) is 5.75 Å². The molecule has 0 aromatic heterocycles. The molecule has 6 rings (SSSR count). The Morgan fingerprint density at radius 2 is 1.97 bits per heavy atom. The first-order valence-electron chi connectivity index (χ1n) is 12.5. The summed E-state index contributed by atoms with van der Waals surface area (Å²) in [7, 11) is 0. The number of hydrogen-bond acceptors (Lipinski definition) is 11. The minimum atomic E-state index is -2.61. The summed E-state index contributed by atoms with van der Waals surface area (Å²) in [6.07, 6.45) is 0.847. The van der Waals surface area contributed by atoms with Crippen molar-refractivity contribution in [3.63, 3.8) is 0 Å². The lowest BCUT2D eigenvalue weighted by Crippen LogP contribution is -2.90. The lowest BCUT2D eigenvalue weighted by atomic mass is 9.84. The van der Waals surface area contributed by atoms with Gasteiger partial charge >= 0.3 is 5.96 Å². The third kappa shape index (κ3) is 3.29. The zero-order valence-electron chi connectivity index (χ0n) is 21.0. The first kappa shape index (κ1) is 24.4. The third-order valence-electron chi connectivity index (χ3n) is 8.05. The van der Waals surface area contributed by atoms with E-state index < -0.39 is 41.1 Å². The fourth-order valence-corrected chi connectivity index (χ4v) is 6.36. The number of hydrogen-bond donors (Lipinski definition) is 7. The summed E-state index contributed by atoms with van der Waals surface area (Å²) < 4.78 is 6.01. The van der Waals surface area contributed by atoms with Crippen molar-refractivity contribution in [1.29, 1.82) is 0 Å². The number of imide groups is 1. The Morgan fingerprint density at radius 3 is 2.68 bits per heavy atom. The maximum Gasteiger partial charge on any atom is 0.343 e. The van der Waals surface area contributed by atoms with Crippen LogP contribution in [0.2, 0.25) is 0 Å². The highest BCUT2D eigenvalue weighted by molar-refractivity contribution is 6.02. The molecule has 9 N–H and O–H groups in total. The summed E-state index contributed by atoms with van der Waals surface area (Å²) in [6, 6.07) is 2.29. The number of para-hydroxylation sites is 1. The normalized spacial score (nSPS) is 32.2. The Kier molecular flexibility index (Phi) is 5.01. The van der Waals surface area contributed by atoms with Crippen LogP contribution in [-0.2, 0) is 16.0 Å². The number of rotatable bonds is 4. The van der Waals surface area contributed by atoms with Crippen LogP contribution in [0.1, 0.15) is 42.6 Å². The number of aliphatic imine (C=N–C) groups is 1. The molecule has 202 valence electrons. The SMILES string of the molecule is CC1(C)Cc2cccc(C(=O)NC3CN4C(N)=N[C@@H](CN5C(=O)CCC5=O)[C@@H]5[NH+]=C(N)N[C@@]54C3(O)O)c2O1. The molecular weight excluding hydrogens is 496 g/mol. The molecule has 2 fully saturated rings. The Balaban J connectivity index is 1.31. The fourth-order valence-electron chi connectivity index (χ4n) is 6.36. The molecule has 0 saturated carbocycles. The largest absolute Gasteiger partial charge is 0.486 e. The molecule has 1 spiro atoms. The van der Waals surface area contributed by atoms with Crippen LogP contribution >= 0.6 is 0 Å². The molecule has 5 heterocycles. The van der Waals surface area contributed by atoms with Gasteiger partial charge < -0.3 is 26.0 Å². The average Bonchev–Trinajstić information content (AvgIpc) is 3.52. The fraction of sp³-hybridized carbons (Fsp3) is 0.542. The van der Waals surface area contributed by atoms with E-state index in [1.807, 2.05) is 19.9 Å². The van der Waals surface area contributed by atoms with Gasteiger partial charge in [0.25, 0.3) is 11.6 Å². The number of fused-ring (bicyclic) bond motifs is 1. The number of guanidine groups is 2. The van der Waals surface area contributed by atoms with Gasteiger partial charge in [-0.25, -0.2) is 10.3 Å². The molecule has 0 bridgehead atoms. The summed E-state index contributed by atoms with van der Waals surface area (Å²) in [5.74, 6) is -3.39. The maximum absolute atomic E-state index is 13.4. The minimum absolute atomic E-state index is 0.0323. The Bertz CT molecular complexity index is 1310. The highest BCUT2D eigenvalue weighted by atomic mass is 16.5. The van der Waals surface area contributed by atoms with Gasteiger partial charge in [0.2, 0.25) is 17.6 Å². The number of likely N-dealkylation sites (tertiary alicyclic amines) is 1. The van der Waals surface area contributed by atoms with Crippen molar-refractivity contribution in [2.45, 2.75) is 68.3 Å². The van der Waals surface area contributed by atoms with Gasteiger partial charge in [0.15, 0.2) is 12.0 Å². The summed E-state index contributed by atoms with van der Waals surface area (Å²) >= 11 is 0.